The van der Waals surface area contributed by atoms with Crippen molar-refractivity contribution < 1.29 is 14.3 Å². The van der Waals surface area contributed by atoms with Gasteiger partial charge in [0.25, 0.3) is 0 Å². The Bertz CT molecular complexity index is 508. The molecule has 22 heavy (non-hydrogen) atoms. The van der Waals surface area contributed by atoms with Crippen molar-refractivity contribution in [2.75, 3.05) is 33.4 Å². The van der Waals surface area contributed by atoms with Gasteiger partial charge in [-0.25, -0.2) is 0 Å². The molecule has 1 saturated carbocycles. The van der Waals surface area contributed by atoms with Crippen molar-refractivity contribution in [1.29, 1.82) is 0 Å². The van der Waals surface area contributed by atoms with Gasteiger partial charge in [0.1, 0.15) is 5.75 Å². The van der Waals surface area contributed by atoms with Crippen LogP contribution in [0.3, 0.4) is 0 Å². The highest BCUT2D eigenvalue weighted by atomic mass is 16.5. The zero-order valence-corrected chi connectivity index (χ0v) is 13.2. The molecule has 1 saturated heterocycles. The fourth-order valence-corrected chi connectivity index (χ4v) is 3.85. The van der Waals surface area contributed by atoms with Crippen molar-refractivity contribution in [1.82, 2.24) is 9.88 Å². The third kappa shape index (κ3) is 3.09. The number of amides is 1. The molecule has 0 N–H and O–H groups in total. The van der Waals surface area contributed by atoms with E-state index in [4.69, 9.17) is 9.47 Å². The number of likely N-dealkylation sites (tertiary alicyclic amines) is 1. The van der Waals surface area contributed by atoms with Gasteiger partial charge in [-0.2, -0.15) is 0 Å². The van der Waals surface area contributed by atoms with Crippen LogP contribution in [0.5, 0.6) is 5.75 Å². The third-order valence-electron chi connectivity index (χ3n) is 5.07. The molecule has 3 rings (SSSR count). The van der Waals surface area contributed by atoms with E-state index in [1.165, 1.54) is 12.8 Å². The second-order valence-electron chi connectivity index (χ2n) is 6.45. The van der Waals surface area contributed by atoms with Crippen LogP contribution in [0.25, 0.3) is 0 Å². The number of hydrogen-bond acceptors (Lipinski definition) is 4. The van der Waals surface area contributed by atoms with E-state index in [9.17, 15) is 4.79 Å². The van der Waals surface area contributed by atoms with Crippen molar-refractivity contribution in [2.45, 2.75) is 25.7 Å². The molecule has 1 aromatic rings. The molecule has 120 valence electrons. The standard InChI is InChI=1S/C17H24N2O3/c1-21-9-6-16(20)19-11-14-4-2-7-17(14,12-19)13-22-15-5-3-8-18-10-15/h3,5,8,10,14H,2,4,6-7,9,11-13H2,1H3/t14-,17+/m1/s1. The highest BCUT2D eigenvalue weighted by Crippen LogP contribution is 2.49. The number of carbonyl (C=O) groups excluding carboxylic acids is 1. The molecule has 5 heteroatoms. The largest absolute Gasteiger partial charge is 0.491 e. The van der Waals surface area contributed by atoms with Crippen LogP contribution in [0.15, 0.2) is 24.5 Å². The number of pyridine rings is 1. The van der Waals surface area contributed by atoms with Gasteiger partial charge < -0.3 is 14.4 Å². The Balaban J connectivity index is 1.62. The summed E-state index contributed by atoms with van der Waals surface area (Å²) in [7, 11) is 1.63. The summed E-state index contributed by atoms with van der Waals surface area (Å²) in [4.78, 5) is 18.3. The third-order valence-corrected chi connectivity index (χ3v) is 5.07. The molecule has 0 spiro atoms. The van der Waals surface area contributed by atoms with Crippen LogP contribution in [0.2, 0.25) is 0 Å². The average Bonchev–Trinajstić information content (AvgIpc) is 3.09. The predicted octanol–water partition coefficient (Wildman–Crippen LogP) is 2.13. The lowest BCUT2D eigenvalue weighted by atomic mass is 9.81. The van der Waals surface area contributed by atoms with E-state index in [2.05, 4.69) is 4.98 Å². The van der Waals surface area contributed by atoms with Gasteiger partial charge in [-0.05, 0) is 30.9 Å². The Labute approximate surface area is 131 Å². The highest BCUT2D eigenvalue weighted by molar-refractivity contribution is 5.76. The molecule has 0 radical (unpaired) electrons. The quantitative estimate of drug-likeness (QED) is 0.808. The number of ether oxygens (including phenoxy) is 2. The monoisotopic (exact) mass is 304 g/mol. The number of aromatic nitrogens is 1. The zero-order valence-electron chi connectivity index (χ0n) is 13.2. The van der Waals surface area contributed by atoms with Gasteiger partial charge in [0.05, 0.1) is 25.8 Å². The van der Waals surface area contributed by atoms with E-state index in [-0.39, 0.29) is 11.3 Å². The minimum absolute atomic E-state index is 0.124. The SMILES string of the molecule is COCCC(=O)N1C[C@H]2CCC[C@@]2(COc2cccnc2)C1. The molecule has 0 bridgehead atoms. The highest BCUT2D eigenvalue weighted by Gasteiger charge is 2.51. The summed E-state index contributed by atoms with van der Waals surface area (Å²) in [6.45, 7) is 2.87. The van der Waals surface area contributed by atoms with E-state index in [1.54, 1.807) is 19.5 Å². The number of nitrogens with zero attached hydrogens (tertiary/aromatic N) is 2. The molecule has 0 unspecified atom stereocenters. The fraction of sp³-hybridized carbons (Fsp3) is 0.647. The summed E-state index contributed by atoms with van der Waals surface area (Å²) in [5, 5.41) is 0. The molecule has 2 heterocycles. The maximum absolute atomic E-state index is 12.2. The summed E-state index contributed by atoms with van der Waals surface area (Å²) in [6.07, 6.45) is 7.55. The van der Waals surface area contributed by atoms with Crippen LogP contribution in [-0.4, -0.2) is 49.2 Å². The molecule has 0 aromatic carbocycles. The van der Waals surface area contributed by atoms with Gasteiger partial charge in [0.2, 0.25) is 5.91 Å². The first-order chi connectivity index (χ1) is 10.7. The zero-order chi connectivity index (χ0) is 15.4. The normalized spacial score (nSPS) is 27.0. The summed E-state index contributed by atoms with van der Waals surface area (Å²) in [6, 6.07) is 3.82. The van der Waals surface area contributed by atoms with E-state index < -0.39 is 0 Å². The lowest BCUT2D eigenvalue weighted by molar-refractivity contribution is -0.131. The molecule has 1 aromatic heterocycles. The molecule has 2 atom stereocenters. The van der Waals surface area contributed by atoms with Crippen LogP contribution < -0.4 is 4.74 Å². The maximum atomic E-state index is 12.2. The number of fused-ring (bicyclic) bond motifs is 1. The average molecular weight is 304 g/mol. The number of carbonyl (C=O) groups is 1. The Kier molecular flexibility index (Phi) is 4.62. The molecule has 1 aliphatic carbocycles. The van der Waals surface area contributed by atoms with Gasteiger partial charge in [-0.1, -0.05) is 6.42 Å². The first-order valence-corrected chi connectivity index (χ1v) is 8.03. The molecular weight excluding hydrogens is 280 g/mol. The van der Waals surface area contributed by atoms with E-state index >= 15 is 0 Å². The molecule has 2 fully saturated rings. The summed E-state index contributed by atoms with van der Waals surface area (Å²) >= 11 is 0. The summed E-state index contributed by atoms with van der Waals surface area (Å²) in [5.74, 6) is 1.58. The number of hydrogen-bond donors (Lipinski definition) is 0. The first-order valence-electron chi connectivity index (χ1n) is 8.03. The van der Waals surface area contributed by atoms with Crippen molar-refractivity contribution in [3.8, 4) is 5.75 Å². The second kappa shape index (κ2) is 6.65. The Morgan fingerprint density at radius 3 is 3.23 bits per heavy atom. The molecule has 5 nitrogen and oxygen atoms in total. The van der Waals surface area contributed by atoms with Crippen molar-refractivity contribution in [2.24, 2.45) is 11.3 Å². The van der Waals surface area contributed by atoms with Gasteiger partial charge in [-0.15, -0.1) is 0 Å². The van der Waals surface area contributed by atoms with E-state index in [1.807, 2.05) is 17.0 Å². The lowest BCUT2D eigenvalue weighted by Crippen LogP contribution is -2.35. The van der Waals surface area contributed by atoms with Crippen LogP contribution in [0, 0.1) is 11.3 Å². The second-order valence-corrected chi connectivity index (χ2v) is 6.45. The fourth-order valence-electron chi connectivity index (χ4n) is 3.85. The number of rotatable bonds is 6. The molecule has 1 amide bonds. The molecule has 2 aliphatic rings. The van der Waals surface area contributed by atoms with E-state index in [0.717, 1.165) is 25.3 Å². The van der Waals surface area contributed by atoms with Crippen molar-refractivity contribution in [3.63, 3.8) is 0 Å². The lowest BCUT2D eigenvalue weighted by Gasteiger charge is -2.28. The van der Waals surface area contributed by atoms with Crippen LogP contribution >= 0.6 is 0 Å². The minimum atomic E-state index is 0.124. The van der Waals surface area contributed by atoms with Gasteiger partial charge in [0.15, 0.2) is 0 Å². The smallest absolute Gasteiger partial charge is 0.224 e. The number of methoxy groups -OCH3 is 1. The predicted molar refractivity (Wildman–Crippen MR) is 82.6 cm³/mol. The summed E-state index contributed by atoms with van der Waals surface area (Å²) in [5.41, 5.74) is 0.124. The van der Waals surface area contributed by atoms with Crippen LogP contribution in [-0.2, 0) is 9.53 Å². The van der Waals surface area contributed by atoms with Gasteiger partial charge in [0, 0.05) is 31.8 Å². The maximum Gasteiger partial charge on any atom is 0.224 e. The van der Waals surface area contributed by atoms with Crippen molar-refractivity contribution in [3.05, 3.63) is 24.5 Å². The molecular formula is C17H24N2O3. The van der Waals surface area contributed by atoms with Crippen LogP contribution in [0.4, 0.5) is 0 Å². The van der Waals surface area contributed by atoms with Crippen molar-refractivity contribution >= 4 is 5.91 Å². The topological polar surface area (TPSA) is 51.7 Å². The minimum Gasteiger partial charge on any atom is -0.491 e. The summed E-state index contributed by atoms with van der Waals surface area (Å²) < 4.78 is 11.0. The van der Waals surface area contributed by atoms with Gasteiger partial charge >= 0.3 is 0 Å². The Morgan fingerprint density at radius 1 is 1.55 bits per heavy atom. The van der Waals surface area contributed by atoms with E-state index in [0.29, 0.717) is 25.6 Å². The van der Waals surface area contributed by atoms with Gasteiger partial charge in [-0.3, -0.25) is 9.78 Å². The molecule has 1 aliphatic heterocycles. The Morgan fingerprint density at radius 2 is 2.45 bits per heavy atom. The Hall–Kier alpha value is -1.62. The first kappa shape index (κ1) is 15.3. The van der Waals surface area contributed by atoms with Crippen LogP contribution in [0.1, 0.15) is 25.7 Å².